The molecule has 1 aromatic heterocycles. The SMILES string of the molecule is CC(O)(CN1CCN(c2ccc(-c3cncnc3)cc2)CC1)C(=O)Nc1ccc(C#N)c(C(F)(F)F)c1. The monoisotopic (exact) mass is 510 g/mol. The zero-order valence-corrected chi connectivity index (χ0v) is 20.0. The lowest BCUT2D eigenvalue weighted by molar-refractivity contribution is -0.138. The summed E-state index contributed by atoms with van der Waals surface area (Å²) in [5.74, 6) is -0.826. The lowest BCUT2D eigenvalue weighted by atomic mass is 10.0. The van der Waals surface area contributed by atoms with Crippen molar-refractivity contribution in [1.82, 2.24) is 14.9 Å². The van der Waals surface area contributed by atoms with Gasteiger partial charge in [0, 0.05) is 62.1 Å². The van der Waals surface area contributed by atoms with Crippen LogP contribution in [-0.4, -0.2) is 64.2 Å². The van der Waals surface area contributed by atoms with Crippen LogP contribution >= 0.6 is 0 Å². The third-order valence-corrected chi connectivity index (χ3v) is 6.22. The molecular formula is C26H25F3N6O2. The number of piperazine rings is 1. The van der Waals surface area contributed by atoms with Crippen LogP contribution in [0.5, 0.6) is 0 Å². The van der Waals surface area contributed by atoms with E-state index in [2.05, 4.69) is 20.2 Å². The van der Waals surface area contributed by atoms with Crippen molar-refractivity contribution < 1.29 is 23.1 Å². The van der Waals surface area contributed by atoms with Crippen LogP contribution in [0.1, 0.15) is 18.1 Å². The fourth-order valence-corrected chi connectivity index (χ4v) is 4.20. The van der Waals surface area contributed by atoms with Crippen molar-refractivity contribution in [2.45, 2.75) is 18.7 Å². The van der Waals surface area contributed by atoms with Gasteiger partial charge in [0.25, 0.3) is 5.91 Å². The van der Waals surface area contributed by atoms with Gasteiger partial charge in [-0.2, -0.15) is 18.4 Å². The first-order valence-electron chi connectivity index (χ1n) is 11.5. The average molecular weight is 511 g/mol. The largest absolute Gasteiger partial charge is 0.417 e. The molecule has 3 aromatic rings. The molecule has 2 N–H and O–H groups in total. The molecule has 8 nitrogen and oxygen atoms in total. The molecule has 0 radical (unpaired) electrons. The minimum atomic E-state index is -4.75. The van der Waals surface area contributed by atoms with Gasteiger partial charge in [0.1, 0.15) is 6.33 Å². The Balaban J connectivity index is 1.33. The van der Waals surface area contributed by atoms with Crippen molar-refractivity contribution in [1.29, 1.82) is 5.26 Å². The molecule has 0 aliphatic carbocycles. The van der Waals surface area contributed by atoms with E-state index >= 15 is 0 Å². The van der Waals surface area contributed by atoms with E-state index in [9.17, 15) is 23.1 Å². The summed E-state index contributed by atoms with van der Waals surface area (Å²) in [5.41, 5.74) is -0.691. The van der Waals surface area contributed by atoms with Gasteiger partial charge in [-0.05, 0) is 42.8 Å². The number of nitriles is 1. The van der Waals surface area contributed by atoms with Crippen molar-refractivity contribution in [2.75, 3.05) is 42.9 Å². The second kappa shape index (κ2) is 10.5. The third-order valence-electron chi connectivity index (χ3n) is 6.22. The molecule has 1 amide bonds. The first-order chi connectivity index (χ1) is 17.6. The summed E-state index contributed by atoms with van der Waals surface area (Å²) >= 11 is 0. The zero-order chi connectivity index (χ0) is 26.6. The Labute approximate surface area is 212 Å². The topological polar surface area (TPSA) is 105 Å². The van der Waals surface area contributed by atoms with Crippen LogP contribution in [0.15, 0.2) is 61.2 Å². The maximum Gasteiger partial charge on any atom is 0.417 e. The number of aliphatic hydroxyl groups is 1. The number of carbonyl (C=O) groups is 1. The molecule has 2 heterocycles. The number of nitrogens with zero attached hydrogens (tertiary/aromatic N) is 5. The number of anilines is 2. The summed E-state index contributed by atoms with van der Waals surface area (Å²) in [6, 6.07) is 12.4. The van der Waals surface area contributed by atoms with Crippen molar-refractivity contribution >= 4 is 17.3 Å². The quantitative estimate of drug-likeness (QED) is 0.523. The van der Waals surface area contributed by atoms with Gasteiger partial charge in [-0.25, -0.2) is 9.97 Å². The molecule has 0 bridgehead atoms. The predicted octanol–water partition coefficient (Wildman–Crippen LogP) is 3.55. The summed E-state index contributed by atoms with van der Waals surface area (Å²) < 4.78 is 39.7. The van der Waals surface area contributed by atoms with Crippen LogP contribution in [0.2, 0.25) is 0 Å². The lowest BCUT2D eigenvalue weighted by Crippen LogP contribution is -2.54. The maximum absolute atomic E-state index is 13.2. The summed E-state index contributed by atoms with van der Waals surface area (Å²) in [7, 11) is 0. The second-order valence-electron chi connectivity index (χ2n) is 9.04. The van der Waals surface area contributed by atoms with Crippen LogP contribution < -0.4 is 10.2 Å². The van der Waals surface area contributed by atoms with E-state index in [1.807, 2.05) is 29.2 Å². The van der Waals surface area contributed by atoms with E-state index in [0.29, 0.717) is 32.2 Å². The molecular weight excluding hydrogens is 485 g/mol. The summed E-state index contributed by atoms with van der Waals surface area (Å²) in [6.07, 6.45) is 0.234. The van der Waals surface area contributed by atoms with E-state index in [0.717, 1.165) is 22.9 Å². The fraction of sp³-hybridized carbons (Fsp3) is 0.308. The van der Waals surface area contributed by atoms with Gasteiger partial charge in [-0.15, -0.1) is 0 Å². The average Bonchev–Trinajstić information content (AvgIpc) is 2.89. The molecule has 37 heavy (non-hydrogen) atoms. The molecule has 1 aliphatic heterocycles. The van der Waals surface area contributed by atoms with Crippen molar-refractivity contribution in [3.8, 4) is 17.2 Å². The highest BCUT2D eigenvalue weighted by atomic mass is 19.4. The highest BCUT2D eigenvalue weighted by molar-refractivity contribution is 5.97. The summed E-state index contributed by atoms with van der Waals surface area (Å²) in [4.78, 5) is 24.9. The number of benzene rings is 2. The molecule has 1 fully saturated rings. The summed E-state index contributed by atoms with van der Waals surface area (Å²) in [5, 5.41) is 22.1. The smallest absolute Gasteiger partial charge is 0.379 e. The number of alkyl halides is 3. The van der Waals surface area contributed by atoms with Gasteiger partial charge >= 0.3 is 6.18 Å². The third kappa shape index (κ3) is 6.22. The highest BCUT2D eigenvalue weighted by Gasteiger charge is 2.36. The van der Waals surface area contributed by atoms with Crippen molar-refractivity contribution in [3.05, 3.63) is 72.3 Å². The standard InChI is InChI=1S/C26H25F3N6O2/c1-25(37,24(36)33-21-5-2-19(13-30)23(12-21)26(27,28)29)16-34-8-10-35(11-9-34)22-6-3-18(4-7-22)20-14-31-17-32-15-20/h2-7,12,14-15,17,37H,8-11,16H2,1H3,(H,33,36). The van der Waals surface area contributed by atoms with Gasteiger partial charge in [0.2, 0.25) is 0 Å². The number of hydrogen-bond donors (Lipinski definition) is 2. The number of aromatic nitrogens is 2. The minimum Gasteiger partial charge on any atom is -0.379 e. The van der Waals surface area contributed by atoms with Crippen molar-refractivity contribution in [3.63, 3.8) is 0 Å². The molecule has 0 saturated carbocycles. The molecule has 1 unspecified atom stereocenters. The van der Waals surface area contributed by atoms with Crippen LogP contribution in [-0.2, 0) is 11.0 Å². The lowest BCUT2D eigenvalue weighted by Gasteiger charge is -2.38. The number of β-amino-alcohol motifs (C(OH)–C–C–N with tert-alkyl or cyclic N) is 1. The summed E-state index contributed by atoms with van der Waals surface area (Å²) in [6.45, 7) is 3.88. The van der Waals surface area contributed by atoms with Crippen LogP contribution in [0.4, 0.5) is 24.5 Å². The van der Waals surface area contributed by atoms with Crippen LogP contribution in [0.25, 0.3) is 11.1 Å². The van der Waals surface area contributed by atoms with Gasteiger partial charge in [0.15, 0.2) is 5.60 Å². The molecule has 4 rings (SSSR count). The molecule has 2 aromatic carbocycles. The Morgan fingerprint density at radius 1 is 1.05 bits per heavy atom. The number of hydrogen-bond acceptors (Lipinski definition) is 7. The second-order valence-corrected chi connectivity index (χ2v) is 9.04. The Hall–Kier alpha value is -4.01. The fourth-order valence-electron chi connectivity index (χ4n) is 4.20. The number of rotatable bonds is 6. The maximum atomic E-state index is 13.2. The number of nitrogens with one attached hydrogen (secondary N) is 1. The minimum absolute atomic E-state index is 0.0159. The number of carbonyl (C=O) groups excluding carboxylic acids is 1. The van der Waals surface area contributed by atoms with Gasteiger partial charge in [-0.1, -0.05) is 12.1 Å². The molecule has 1 saturated heterocycles. The Morgan fingerprint density at radius 3 is 2.30 bits per heavy atom. The number of halogens is 3. The molecule has 1 aliphatic rings. The number of amides is 1. The Morgan fingerprint density at radius 2 is 1.70 bits per heavy atom. The van der Waals surface area contributed by atoms with Gasteiger partial charge in [0.05, 0.1) is 17.2 Å². The Kier molecular flexibility index (Phi) is 7.42. The van der Waals surface area contributed by atoms with Gasteiger partial charge in [-0.3, -0.25) is 9.69 Å². The molecule has 0 spiro atoms. The normalized spacial score (nSPS) is 16.1. The zero-order valence-electron chi connectivity index (χ0n) is 20.0. The van der Waals surface area contributed by atoms with Crippen LogP contribution in [0, 0.1) is 11.3 Å². The highest BCUT2D eigenvalue weighted by Crippen LogP contribution is 2.33. The van der Waals surface area contributed by atoms with E-state index < -0.39 is 28.8 Å². The van der Waals surface area contributed by atoms with E-state index in [1.54, 1.807) is 12.4 Å². The van der Waals surface area contributed by atoms with Crippen LogP contribution in [0.3, 0.4) is 0 Å². The van der Waals surface area contributed by atoms with Gasteiger partial charge < -0.3 is 15.3 Å². The first-order valence-corrected chi connectivity index (χ1v) is 11.5. The molecule has 192 valence electrons. The predicted molar refractivity (Wildman–Crippen MR) is 132 cm³/mol. The molecule has 11 heteroatoms. The van der Waals surface area contributed by atoms with E-state index in [1.165, 1.54) is 25.4 Å². The van der Waals surface area contributed by atoms with Crippen molar-refractivity contribution in [2.24, 2.45) is 0 Å². The van der Waals surface area contributed by atoms with E-state index in [-0.39, 0.29) is 12.2 Å². The first kappa shape index (κ1) is 26.1. The Bertz CT molecular complexity index is 1280. The van der Waals surface area contributed by atoms with E-state index in [4.69, 9.17) is 5.26 Å². The molecule has 1 atom stereocenters.